The largest absolute Gasteiger partial charge is 0.343 e. The number of aromatic nitrogens is 2. The van der Waals surface area contributed by atoms with Crippen LogP contribution in [0.1, 0.15) is 11.1 Å². The summed E-state index contributed by atoms with van der Waals surface area (Å²) in [6.07, 6.45) is 0. The van der Waals surface area contributed by atoms with Crippen molar-refractivity contribution in [1.82, 2.24) is 9.13 Å². The maximum atomic E-state index is 2.36. The summed E-state index contributed by atoms with van der Waals surface area (Å²) < 4.78 is 4.71. The molecule has 6 aromatic carbocycles. The van der Waals surface area contributed by atoms with Crippen LogP contribution in [0.2, 0.25) is 0 Å². The average Bonchev–Trinajstić information content (AvgIpc) is 3.50. The van der Waals surface area contributed by atoms with E-state index in [0.717, 1.165) is 0 Å². The molecule has 0 fully saturated rings. The van der Waals surface area contributed by atoms with E-state index < -0.39 is 0 Å². The van der Waals surface area contributed by atoms with Crippen molar-refractivity contribution in [3.63, 3.8) is 0 Å². The number of benzene rings is 6. The first-order chi connectivity index (χ1) is 19.5. The Morgan fingerprint density at radius 2 is 0.700 bits per heavy atom. The van der Waals surface area contributed by atoms with E-state index in [1.54, 1.807) is 0 Å². The third kappa shape index (κ3) is 3.23. The Balaban J connectivity index is 1.36. The van der Waals surface area contributed by atoms with Crippen molar-refractivity contribution in [2.75, 3.05) is 0 Å². The molecule has 0 atom stereocenters. The molecule has 2 nitrogen and oxygen atoms in total. The molecule has 2 aromatic heterocycles. The predicted octanol–water partition coefficient (Wildman–Crippen LogP) is 10.1. The first kappa shape index (κ1) is 23.1. The Morgan fingerprint density at radius 3 is 1.10 bits per heavy atom. The van der Waals surface area contributed by atoms with E-state index in [1.165, 1.54) is 87.8 Å². The molecule has 0 radical (unpaired) electrons. The molecule has 2 heteroatoms. The van der Waals surface area contributed by atoms with Crippen molar-refractivity contribution >= 4 is 54.1 Å². The SMILES string of the molecule is Cc1ccc(-c2cc3ccc4c5ccc6c(ccc7cc(-c8ccc(C)cc8)n(C)c76)c5ccc4c3n2C)cc1. The topological polar surface area (TPSA) is 9.86 Å². The van der Waals surface area contributed by atoms with Crippen molar-refractivity contribution in [2.24, 2.45) is 14.1 Å². The fourth-order valence-corrected chi connectivity index (χ4v) is 6.75. The molecule has 192 valence electrons. The Morgan fingerprint density at radius 1 is 0.375 bits per heavy atom. The van der Waals surface area contributed by atoms with Crippen molar-refractivity contribution in [1.29, 1.82) is 0 Å². The van der Waals surface area contributed by atoms with Gasteiger partial charge < -0.3 is 9.13 Å². The number of nitrogens with zero attached hydrogens (tertiary/aromatic N) is 2. The first-order valence-electron chi connectivity index (χ1n) is 14.0. The van der Waals surface area contributed by atoms with E-state index in [4.69, 9.17) is 0 Å². The minimum Gasteiger partial charge on any atom is -0.343 e. The molecule has 0 aliphatic rings. The van der Waals surface area contributed by atoms with Gasteiger partial charge in [0.2, 0.25) is 0 Å². The monoisotopic (exact) mass is 514 g/mol. The van der Waals surface area contributed by atoms with Gasteiger partial charge in [-0.15, -0.1) is 0 Å². The van der Waals surface area contributed by atoms with Crippen LogP contribution in [-0.2, 0) is 14.1 Å². The molecule has 0 N–H and O–H groups in total. The molecule has 8 rings (SSSR count). The highest BCUT2D eigenvalue weighted by atomic mass is 15.0. The standard InChI is InChI=1S/C38H30N2/c1-23-5-9-25(10-6-23)35-21-27-13-15-31-29-18-20-34-32(30(29)17-19-33(31)37(27)39(35)3)16-14-28-22-36(40(4)38(28)34)26-11-7-24(2)8-12-26/h5-22H,1-4H3. The number of rotatable bonds is 2. The fourth-order valence-electron chi connectivity index (χ4n) is 6.75. The van der Waals surface area contributed by atoms with Gasteiger partial charge in [0.25, 0.3) is 0 Å². The molecule has 0 aliphatic heterocycles. The summed E-state index contributed by atoms with van der Waals surface area (Å²) in [5.74, 6) is 0. The quantitative estimate of drug-likeness (QED) is 0.203. The van der Waals surface area contributed by atoms with E-state index in [9.17, 15) is 0 Å². The first-order valence-corrected chi connectivity index (χ1v) is 14.0. The summed E-state index contributed by atoms with van der Waals surface area (Å²) in [5.41, 5.74) is 10.1. The summed E-state index contributed by atoms with van der Waals surface area (Å²) in [6, 6.07) is 40.8. The number of hydrogen-bond donors (Lipinski definition) is 0. The third-order valence-electron chi connectivity index (χ3n) is 8.87. The molecule has 0 aliphatic carbocycles. The van der Waals surface area contributed by atoms with Gasteiger partial charge in [0, 0.05) is 47.0 Å². The van der Waals surface area contributed by atoms with Crippen molar-refractivity contribution in [3.8, 4) is 22.5 Å². The van der Waals surface area contributed by atoms with Crippen molar-refractivity contribution in [3.05, 3.63) is 120 Å². The normalized spacial score (nSPS) is 12.0. The van der Waals surface area contributed by atoms with Crippen molar-refractivity contribution < 1.29 is 0 Å². The molecule has 2 heterocycles. The second-order valence-electron chi connectivity index (χ2n) is 11.3. The van der Waals surface area contributed by atoms with Gasteiger partial charge in [-0.3, -0.25) is 0 Å². The van der Waals surface area contributed by atoms with E-state index in [-0.39, 0.29) is 0 Å². The minimum atomic E-state index is 1.25. The summed E-state index contributed by atoms with van der Waals surface area (Å²) in [5, 5.41) is 10.4. The van der Waals surface area contributed by atoms with Gasteiger partial charge in [0.05, 0.1) is 11.0 Å². The van der Waals surface area contributed by atoms with Crippen LogP contribution >= 0.6 is 0 Å². The number of hydrogen-bond acceptors (Lipinski definition) is 0. The zero-order valence-electron chi connectivity index (χ0n) is 23.3. The van der Waals surface area contributed by atoms with Gasteiger partial charge in [0.1, 0.15) is 0 Å². The lowest BCUT2D eigenvalue weighted by Gasteiger charge is -2.12. The van der Waals surface area contributed by atoms with Gasteiger partial charge in [0.15, 0.2) is 0 Å². The predicted molar refractivity (Wildman–Crippen MR) is 172 cm³/mol. The van der Waals surface area contributed by atoms with Crippen molar-refractivity contribution in [2.45, 2.75) is 13.8 Å². The van der Waals surface area contributed by atoms with Gasteiger partial charge in [-0.1, -0.05) is 108 Å². The van der Waals surface area contributed by atoms with Crippen LogP contribution in [0.5, 0.6) is 0 Å². The smallest absolute Gasteiger partial charge is 0.0562 e. The maximum absolute atomic E-state index is 2.36. The molecular weight excluding hydrogens is 484 g/mol. The molecule has 8 aromatic rings. The second kappa shape index (κ2) is 8.34. The Hall–Kier alpha value is -4.82. The van der Waals surface area contributed by atoms with E-state index in [0.29, 0.717) is 0 Å². The van der Waals surface area contributed by atoms with Gasteiger partial charge in [-0.25, -0.2) is 0 Å². The molecule has 40 heavy (non-hydrogen) atoms. The summed E-state index contributed by atoms with van der Waals surface area (Å²) in [7, 11) is 4.39. The maximum Gasteiger partial charge on any atom is 0.0562 e. The average molecular weight is 515 g/mol. The van der Waals surface area contributed by atoms with Crippen LogP contribution < -0.4 is 0 Å². The lowest BCUT2D eigenvalue weighted by molar-refractivity contribution is 0.982. The van der Waals surface area contributed by atoms with E-state index in [1.807, 2.05) is 0 Å². The van der Waals surface area contributed by atoms with Crippen LogP contribution in [0.3, 0.4) is 0 Å². The Kier molecular flexibility index (Phi) is 4.82. The fraction of sp³-hybridized carbons (Fsp3) is 0.105. The van der Waals surface area contributed by atoms with Crippen LogP contribution in [0.4, 0.5) is 0 Å². The van der Waals surface area contributed by atoms with E-state index >= 15 is 0 Å². The molecular formula is C38H30N2. The zero-order chi connectivity index (χ0) is 27.1. The highest BCUT2D eigenvalue weighted by molar-refractivity contribution is 6.24. The Labute approximate surface area is 233 Å². The molecule has 0 saturated heterocycles. The number of fused-ring (bicyclic) bond motifs is 9. The molecule has 0 bridgehead atoms. The van der Waals surface area contributed by atoms with Gasteiger partial charge in [-0.2, -0.15) is 0 Å². The van der Waals surface area contributed by atoms with Gasteiger partial charge in [-0.05, 0) is 58.7 Å². The second-order valence-corrected chi connectivity index (χ2v) is 11.3. The third-order valence-corrected chi connectivity index (χ3v) is 8.87. The lowest BCUT2D eigenvalue weighted by Crippen LogP contribution is -1.93. The van der Waals surface area contributed by atoms with Crippen LogP contribution in [-0.4, -0.2) is 9.13 Å². The van der Waals surface area contributed by atoms with Crippen LogP contribution in [0.25, 0.3) is 76.6 Å². The summed E-state index contributed by atoms with van der Waals surface area (Å²) in [4.78, 5) is 0. The van der Waals surface area contributed by atoms with E-state index in [2.05, 4.69) is 146 Å². The highest BCUT2D eigenvalue weighted by Gasteiger charge is 2.16. The van der Waals surface area contributed by atoms with Gasteiger partial charge >= 0.3 is 0 Å². The zero-order valence-corrected chi connectivity index (χ0v) is 23.3. The molecule has 0 saturated carbocycles. The molecule has 0 spiro atoms. The van der Waals surface area contributed by atoms with Crippen LogP contribution in [0, 0.1) is 13.8 Å². The Bertz CT molecular complexity index is 2110. The summed E-state index contributed by atoms with van der Waals surface area (Å²) >= 11 is 0. The number of aryl methyl sites for hydroxylation is 4. The minimum absolute atomic E-state index is 1.25. The molecule has 0 unspecified atom stereocenters. The molecule has 0 amide bonds. The highest BCUT2D eigenvalue weighted by Crippen LogP contribution is 2.40. The summed E-state index contributed by atoms with van der Waals surface area (Å²) in [6.45, 7) is 4.28. The lowest BCUT2D eigenvalue weighted by atomic mass is 9.95. The van der Waals surface area contributed by atoms with Crippen LogP contribution in [0.15, 0.2) is 109 Å².